The number of halogens is 1. The Hall–Kier alpha value is -3.86. The van der Waals surface area contributed by atoms with Crippen molar-refractivity contribution in [3.8, 4) is 23.3 Å². The van der Waals surface area contributed by atoms with Gasteiger partial charge in [-0.05, 0) is 42.3 Å². The lowest BCUT2D eigenvalue weighted by molar-refractivity contribution is 0.284. The Kier molecular flexibility index (Phi) is 5.79. The van der Waals surface area contributed by atoms with E-state index in [4.69, 9.17) is 20.8 Å². The third-order valence-corrected chi connectivity index (χ3v) is 4.18. The van der Waals surface area contributed by atoms with Gasteiger partial charge in [0, 0.05) is 7.05 Å². The molecule has 0 atom stereocenters. The second kappa shape index (κ2) is 8.44. The second-order valence-electron chi connectivity index (χ2n) is 6.19. The maximum absolute atomic E-state index is 14.4. The first-order valence-corrected chi connectivity index (χ1v) is 8.60. The fraction of sp³-hybridized carbons (Fsp3) is 0.190. The Morgan fingerprint density at radius 1 is 1.21 bits per heavy atom. The summed E-state index contributed by atoms with van der Waals surface area (Å²) in [5.41, 5.74) is 1.29. The molecule has 0 aliphatic carbocycles. The number of ether oxygens (including phenoxy) is 3. The molecule has 0 spiro atoms. The summed E-state index contributed by atoms with van der Waals surface area (Å²) in [7, 11) is 2.96. The van der Waals surface area contributed by atoms with Crippen LogP contribution in [0.15, 0.2) is 47.3 Å². The molecule has 0 radical (unpaired) electrons. The molecular weight excluding hydrogens is 377 g/mol. The van der Waals surface area contributed by atoms with Crippen molar-refractivity contribution in [1.82, 2.24) is 9.55 Å². The third-order valence-electron chi connectivity index (χ3n) is 4.18. The summed E-state index contributed by atoms with van der Waals surface area (Å²) in [6.07, 6.45) is 0. The first-order chi connectivity index (χ1) is 13.9. The minimum absolute atomic E-state index is 0.0132. The topological polar surface area (TPSA) is 66.9 Å². The quantitative estimate of drug-likeness (QED) is 0.587. The molecule has 0 fully saturated rings. The Morgan fingerprint density at radius 2 is 2.00 bits per heavy atom. The van der Waals surface area contributed by atoms with Gasteiger partial charge < -0.3 is 14.2 Å². The summed E-state index contributed by atoms with van der Waals surface area (Å²) in [5, 5.41) is 0. The fourth-order valence-corrected chi connectivity index (χ4v) is 2.59. The van der Waals surface area contributed by atoms with Crippen molar-refractivity contribution < 1.29 is 18.6 Å². The van der Waals surface area contributed by atoms with Crippen LogP contribution in [0.1, 0.15) is 11.1 Å². The van der Waals surface area contributed by atoms with Crippen LogP contribution in [0.2, 0.25) is 0 Å². The van der Waals surface area contributed by atoms with E-state index in [9.17, 15) is 9.18 Å². The predicted octanol–water partition coefficient (Wildman–Crippen LogP) is 4.16. The van der Waals surface area contributed by atoms with E-state index in [-0.39, 0.29) is 18.2 Å². The number of benzene rings is 2. The lowest BCUT2D eigenvalue weighted by Crippen LogP contribution is -2.21. The Balaban J connectivity index is 1.71. The zero-order chi connectivity index (χ0) is 21.0. The maximum Gasteiger partial charge on any atom is 0.353 e. The van der Waals surface area contributed by atoms with Gasteiger partial charge in [-0.2, -0.15) is 4.98 Å². The van der Waals surface area contributed by atoms with Gasteiger partial charge in [-0.25, -0.2) is 14.0 Å². The molecule has 0 bridgehead atoms. The molecule has 3 rings (SSSR count). The van der Waals surface area contributed by atoms with Crippen LogP contribution in [0, 0.1) is 19.3 Å². The number of rotatable bonds is 6. The van der Waals surface area contributed by atoms with Gasteiger partial charge in [-0.3, -0.25) is 4.57 Å². The van der Waals surface area contributed by atoms with Crippen LogP contribution in [0.5, 0.6) is 23.3 Å². The van der Waals surface area contributed by atoms with Crippen LogP contribution in [0.4, 0.5) is 10.1 Å². The van der Waals surface area contributed by atoms with Crippen LogP contribution >= 0.6 is 0 Å². The lowest BCUT2D eigenvalue weighted by Gasteiger charge is -2.11. The summed E-state index contributed by atoms with van der Waals surface area (Å²) in [6.45, 7) is 8.86. The van der Waals surface area contributed by atoms with Gasteiger partial charge in [0.1, 0.15) is 12.4 Å². The van der Waals surface area contributed by atoms with E-state index in [1.54, 1.807) is 31.2 Å². The van der Waals surface area contributed by atoms with E-state index in [0.29, 0.717) is 22.9 Å². The molecule has 0 unspecified atom stereocenters. The van der Waals surface area contributed by atoms with E-state index < -0.39 is 11.5 Å². The summed E-state index contributed by atoms with van der Waals surface area (Å²) in [4.78, 5) is 18.9. The standard InChI is InChI=1S/C21H18FN3O4/c1-13-9-15(6-7-17(13)23-2)29-18-8-5-14(10-16(18)22)12-28-19-11-20(27-4)25(3)21(26)24-19/h5-11H,12H2,1,3-4H3. The van der Waals surface area contributed by atoms with E-state index >= 15 is 0 Å². The van der Waals surface area contributed by atoms with Gasteiger partial charge >= 0.3 is 5.69 Å². The first kappa shape index (κ1) is 19.9. The van der Waals surface area contributed by atoms with E-state index in [1.165, 1.54) is 36.9 Å². The van der Waals surface area contributed by atoms with Crippen LogP contribution < -0.4 is 19.9 Å². The molecular formula is C21H18FN3O4. The average molecular weight is 395 g/mol. The Labute approximate surface area is 166 Å². The van der Waals surface area contributed by atoms with Crippen LogP contribution in [0.3, 0.4) is 0 Å². The van der Waals surface area contributed by atoms with Crippen molar-refractivity contribution in [3.05, 3.63) is 81.3 Å². The molecule has 8 heteroatoms. The maximum atomic E-state index is 14.4. The van der Waals surface area contributed by atoms with Crippen molar-refractivity contribution >= 4 is 5.69 Å². The SMILES string of the molecule is [C-]#[N+]c1ccc(Oc2ccc(COc3cc(OC)n(C)c(=O)n3)cc2F)cc1C. The van der Waals surface area contributed by atoms with Crippen molar-refractivity contribution in [1.29, 1.82) is 0 Å². The highest BCUT2D eigenvalue weighted by Crippen LogP contribution is 2.29. The van der Waals surface area contributed by atoms with Gasteiger partial charge in [-0.15, -0.1) is 0 Å². The zero-order valence-electron chi connectivity index (χ0n) is 16.1. The summed E-state index contributed by atoms with van der Waals surface area (Å²) >= 11 is 0. The number of hydrogen-bond acceptors (Lipinski definition) is 5. The lowest BCUT2D eigenvalue weighted by atomic mass is 10.2. The molecule has 1 heterocycles. The smallest absolute Gasteiger partial charge is 0.353 e. The number of aryl methyl sites for hydroxylation is 1. The van der Waals surface area contributed by atoms with E-state index in [1.807, 2.05) is 0 Å². The first-order valence-electron chi connectivity index (χ1n) is 8.60. The molecule has 0 N–H and O–H groups in total. The molecule has 3 aromatic rings. The number of methoxy groups -OCH3 is 1. The Bertz CT molecular complexity index is 1150. The molecule has 0 saturated carbocycles. The summed E-state index contributed by atoms with van der Waals surface area (Å²) in [6, 6.07) is 10.8. The molecule has 0 saturated heterocycles. The molecule has 1 aromatic heterocycles. The van der Waals surface area contributed by atoms with Crippen LogP contribution in [-0.4, -0.2) is 16.7 Å². The monoisotopic (exact) mass is 395 g/mol. The minimum atomic E-state index is -0.562. The van der Waals surface area contributed by atoms with Crippen molar-refractivity contribution in [2.75, 3.05) is 7.11 Å². The summed E-state index contributed by atoms with van der Waals surface area (Å²) < 4.78 is 31.8. The van der Waals surface area contributed by atoms with Crippen LogP contribution in [-0.2, 0) is 13.7 Å². The highest BCUT2D eigenvalue weighted by Gasteiger charge is 2.10. The average Bonchev–Trinajstić information content (AvgIpc) is 2.70. The van der Waals surface area contributed by atoms with Gasteiger partial charge in [0.15, 0.2) is 17.3 Å². The zero-order valence-corrected chi connectivity index (χ0v) is 16.1. The van der Waals surface area contributed by atoms with Gasteiger partial charge in [0.2, 0.25) is 11.8 Å². The van der Waals surface area contributed by atoms with Crippen molar-refractivity contribution in [2.45, 2.75) is 13.5 Å². The number of aromatic nitrogens is 2. The van der Waals surface area contributed by atoms with Crippen molar-refractivity contribution in [2.24, 2.45) is 7.05 Å². The molecule has 0 aliphatic rings. The second-order valence-corrected chi connectivity index (χ2v) is 6.19. The van der Waals surface area contributed by atoms with Gasteiger partial charge in [-0.1, -0.05) is 12.1 Å². The van der Waals surface area contributed by atoms with Crippen LogP contribution in [0.25, 0.3) is 4.85 Å². The molecule has 29 heavy (non-hydrogen) atoms. The van der Waals surface area contributed by atoms with E-state index in [0.717, 1.165) is 5.56 Å². The molecule has 7 nitrogen and oxygen atoms in total. The van der Waals surface area contributed by atoms with E-state index in [2.05, 4.69) is 9.83 Å². The fourth-order valence-electron chi connectivity index (χ4n) is 2.59. The summed E-state index contributed by atoms with van der Waals surface area (Å²) in [5.74, 6) is 0.314. The van der Waals surface area contributed by atoms with Gasteiger partial charge in [0.05, 0.1) is 19.7 Å². The highest BCUT2D eigenvalue weighted by atomic mass is 19.1. The normalized spacial score (nSPS) is 10.3. The molecule has 0 aliphatic heterocycles. The molecule has 148 valence electrons. The Morgan fingerprint density at radius 3 is 2.66 bits per heavy atom. The highest BCUT2D eigenvalue weighted by molar-refractivity contribution is 5.54. The molecule has 2 aromatic carbocycles. The largest absolute Gasteiger partial charge is 0.482 e. The number of hydrogen-bond donors (Lipinski definition) is 0. The molecule has 0 amide bonds. The van der Waals surface area contributed by atoms with Gasteiger partial charge in [0.25, 0.3) is 0 Å². The predicted molar refractivity (Wildman–Crippen MR) is 104 cm³/mol. The third kappa shape index (κ3) is 4.52. The van der Waals surface area contributed by atoms with Crippen molar-refractivity contribution in [3.63, 3.8) is 0 Å². The minimum Gasteiger partial charge on any atom is -0.482 e. The number of nitrogens with zero attached hydrogens (tertiary/aromatic N) is 3.